The fraction of sp³-hybridized carbons (Fsp3) is 0.596. The molecule has 2 aromatic carbocycles. The third-order valence-electron chi connectivity index (χ3n) is 15.8. The molecule has 8 aliphatic carbocycles. The van der Waals surface area contributed by atoms with Crippen LogP contribution in [0.5, 0.6) is 0 Å². The molecule has 0 heterocycles. The summed E-state index contributed by atoms with van der Waals surface area (Å²) >= 11 is 1.55. The van der Waals surface area contributed by atoms with Crippen molar-refractivity contribution in [3.63, 3.8) is 0 Å². The Kier molecular flexibility index (Phi) is 11.8. The molecule has 0 saturated heterocycles. The molecule has 2 aromatic rings. The summed E-state index contributed by atoms with van der Waals surface area (Å²) < 4.78 is 1.51. The van der Waals surface area contributed by atoms with Gasteiger partial charge in [0, 0.05) is 5.41 Å². The summed E-state index contributed by atoms with van der Waals surface area (Å²) in [5, 5.41) is 0. The predicted molar refractivity (Wildman–Crippen MR) is 202 cm³/mol. The zero-order valence-corrected chi connectivity index (χ0v) is 36.6. The third-order valence-corrected chi connectivity index (χ3v) is 15.8. The number of benzene rings is 1. The van der Waals surface area contributed by atoms with Crippen molar-refractivity contribution in [2.45, 2.75) is 120 Å². The van der Waals surface area contributed by atoms with Gasteiger partial charge < -0.3 is 24.8 Å². The molecule has 0 aromatic heterocycles. The largest absolute Gasteiger partial charge is 1.00 e. The second kappa shape index (κ2) is 14.7. The van der Waals surface area contributed by atoms with E-state index in [1.807, 2.05) is 0 Å². The van der Waals surface area contributed by atoms with Crippen molar-refractivity contribution in [2.75, 3.05) is 0 Å². The summed E-state index contributed by atoms with van der Waals surface area (Å²) in [5.74, 6) is 8.15. The molecule has 270 valence electrons. The first-order valence-electron chi connectivity index (χ1n) is 19.6. The Morgan fingerprint density at radius 2 is 1.42 bits per heavy atom. The summed E-state index contributed by atoms with van der Waals surface area (Å²) in [6.07, 6.45) is 15.3. The molecule has 5 fully saturated rings. The van der Waals surface area contributed by atoms with Crippen molar-refractivity contribution in [1.29, 1.82) is 0 Å². The minimum absolute atomic E-state index is 0. The van der Waals surface area contributed by atoms with Crippen LogP contribution >= 0.6 is 0 Å². The molecule has 0 amide bonds. The zero-order valence-electron chi connectivity index (χ0n) is 32.6. The average molecular weight is 789 g/mol. The van der Waals surface area contributed by atoms with Gasteiger partial charge in [0.05, 0.1) is 0 Å². The van der Waals surface area contributed by atoms with Gasteiger partial charge in [0.2, 0.25) is 0 Å². The Labute approximate surface area is 333 Å². The summed E-state index contributed by atoms with van der Waals surface area (Å²) in [5.41, 5.74) is 12.2. The van der Waals surface area contributed by atoms with E-state index >= 15 is 0 Å². The standard InChI is InChI=1S/C29H37.C15H19.C3H6.2ClH.Zr/c1-16-13-14-25-26-23-12-10-9-11-22(23)15-24(26)27-19(4)17(2)18(3)21(6)29(27,8)28(25,7)20(16)5;1-2-4-14(3-1)15-8-11-5-12(9-15)7-13(6-11)10-15;1-3-2;;;/h9-14,16-18,20-21H,15H2,1-8H3;1-4,11-13H,5-10H2;1-2H3;2*1H;/q2*-1;;;;+2/p-2. The maximum atomic E-state index is 2.63. The van der Waals surface area contributed by atoms with E-state index in [9.17, 15) is 0 Å². The molecule has 10 rings (SSSR count). The van der Waals surface area contributed by atoms with E-state index in [1.165, 1.54) is 33.6 Å². The summed E-state index contributed by atoms with van der Waals surface area (Å²) in [7, 11) is 0. The van der Waals surface area contributed by atoms with Crippen LogP contribution in [0.25, 0.3) is 5.57 Å². The number of halogens is 2. The van der Waals surface area contributed by atoms with Crippen LogP contribution in [0.4, 0.5) is 0 Å². The van der Waals surface area contributed by atoms with E-state index in [1.54, 1.807) is 77.3 Å². The molecule has 0 N–H and O–H groups in total. The topological polar surface area (TPSA) is 0 Å². The fourth-order valence-electron chi connectivity index (χ4n) is 13.0. The molecular formula is C47H62Cl2Zr-2. The Bertz CT molecular complexity index is 1620. The number of allylic oxidation sites excluding steroid dienone is 6. The molecule has 8 aliphatic rings. The molecule has 0 nitrogen and oxygen atoms in total. The summed E-state index contributed by atoms with van der Waals surface area (Å²) in [6.45, 7) is 24.4. The van der Waals surface area contributed by atoms with Gasteiger partial charge in [0.25, 0.3) is 0 Å². The van der Waals surface area contributed by atoms with Crippen molar-refractivity contribution >= 4 is 8.78 Å². The second-order valence-corrected chi connectivity index (χ2v) is 20.8. The Morgan fingerprint density at radius 1 is 0.840 bits per heavy atom. The van der Waals surface area contributed by atoms with Crippen LogP contribution in [0.1, 0.15) is 124 Å². The zero-order chi connectivity index (χ0) is 34.3. The van der Waals surface area contributed by atoms with E-state index in [4.69, 9.17) is 0 Å². The minimum Gasteiger partial charge on any atom is -1.00 e. The van der Waals surface area contributed by atoms with Crippen LogP contribution in [-0.2, 0) is 36.1 Å². The maximum absolute atomic E-state index is 2.63. The first kappa shape index (κ1) is 40.2. The molecule has 0 aliphatic heterocycles. The van der Waals surface area contributed by atoms with Crippen LogP contribution in [-0.4, -0.2) is 3.21 Å². The van der Waals surface area contributed by atoms with E-state index in [0.717, 1.165) is 24.2 Å². The molecule has 0 spiro atoms. The summed E-state index contributed by atoms with van der Waals surface area (Å²) in [4.78, 5) is 0. The molecule has 4 bridgehead atoms. The Morgan fingerprint density at radius 3 is 1.98 bits per heavy atom. The van der Waals surface area contributed by atoms with Crippen molar-refractivity contribution < 1.29 is 49.0 Å². The monoisotopic (exact) mass is 786 g/mol. The molecule has 7 unspecified atom stereocenters. The number of hydrogen-bond donors (Lipinski definition) is 0. The number of rotatable bonds is 1. The smallest absolute Gasteiger partial charge is 0.0411 e. The van der Waals surface area contributed by atoms with Crippen LogP contribution in [0, 0.1) is 64.1 Å². The van der Waals surface area contributed by atoms with Gasteiger partial charge in [-0.25, -0.2) is 12.0 Å². The first-order valence-corrected chi connectivity index (χ1v) is 20.8. The van der Waals surface area contributed by atoms with Crippen molar-refractivity contribution in [3.05, 3.63) is 100 Å². The fourth-order valence-corrected chi connectivity index (χ4v) is 13.0. The van der Waals surface area contributed by atoms with Gasteiger partial charge >= 0.3 is 41.3 Å². The number of hydrogen-bond acceptors (Lipinski definition) is 0. The van der Waals surface area contributed by atoms with E-state index in [-0.39, 0.29) is 35.6 Å². The minimum atomic E-state index is 0. The molecule has 0 radical (unpaired) electrons. The Hall–Kier alpha value is -1.01. The molecule has 50 heavy (non-hydrogen) atoms. The first-order chi connectivity index (χ1) is 22.7. The Balaban J connectivity index is 0.000000194. The predicted octanol–water partition coefficient (Wildman–Crippen LogP) is 6.30. The average Bonchev–Trinajstić information content (AvgIpc) is 3.71. The SMILES string of the molecule is C[C-]1C2=C3Cc4ccccc4C3=C3C=CC(C)C(C)C3(C)C2(C)C(C)C(C)C1C.C[C](C)=[Zr+2].[Cl-].[Cl-].c1cc(C23CC4CC(CC(C4)C2)C3)c[cH-]1. The number of fused-ring (bicyclic) bond motifs is 6. The van der Waals surface area contributed by atoms with Gasteiger partial charge in [-0.2, -0.15) is 34.9 Å². The van der Waals surface area contributed by atoms with Crippen LogP contribution in [0.15, 0.2) is 77.4 Å². The van der Waals surface area contributed by atoms with Crippen LogP contribution in [0.3, 0.4) is 0 Å². The van der Waals surface area contributed by atoms with Crippen LogP contribution < -0.4 is 24.8 Å². The van der Waals surface area contributed by atoms with Gasteiger partial charge in [-0.1, -0.05) is 139 Å². The second-order valence-electron chi connectivity index (χ2n) is 18.4. The van der Waals surface area contributed by atoms with E-state index in [2.05, 4.69) is 130 Å². The van der Waals surface area contributed by atoms with Crippen molar-refractivity contribution in [3.8, 4) is 0 Å². The molecule has 7 atom stereocenters. The van der Waals surface area contributed by atoms with Crippen LogP contribution in [0.2, 0.25) is 0 Å². The van der Waals surface area contributed by atoms with Crippen molar-refractivity contribution in [2.24, 2.45) is 58.2 Å². The quantitative estimate of drug-likeness (QED) is 0.298. The normalized spacial score (nSPS) is 39.8. The van der Waals surface area contributed by atoms with E-state index < -0.39 is 0 Å². The maximum Gasteiger partial charge on any atom is -0.0411 e. The van der Waals surface area contributed by atoms with Gasteiger partial charge in [0.15, 0.2) is 0 Å². The molecule has 3 heteroatoms. The van der Waals surface area contributed by atoms with Crippen molar-refractivity contribution in [1.82, 2.24) is 0 Å². The van der Waals surface area contributed by atoms with Gasteiger partial charge in [0.1, 0.15) is 0 Å². The third kappa shape index (κ3) is 6.07. The van der Waals surface area contributed by atoms with Gasteiger partial charge in [-0.3, -0.25) is 0 Å². The van der Waals surface area contributed by atoms with Gasteiger partial charge in [-0.15, -0.1) is 6.92 Å². The van der Waals surface area contributed by atoms with E-state index in [0.29, 0.717) is 35.0 Å². The molecular weight excluding hydrogens is 727 g/mol. The molecule has 5 saturated carbocycles. The summed E-state index contributed by atoms with van der Waals surface area (Å²) in [6, 6.07) is 18.4. The van der Waals surface area contributed by atoms with Gasteiger partial charge in [-0.05, 0) is 71.7 Å².